The zero-order chi connectivity index (χ0) is 22.2. The summed E-state index contributed by atoms with van der Waals surface area (Å²) in [5.74, 6) is 0.470. The Morgan fingerprint density at radius 1 is 1.28 bits per heavy atom. The van der Waals surface area contributed by atoms with E-state index in [1.807, 2.05) is 0 Å². The van der Waals surface area contributed by atoms with Crippen molar-refractivity contribution in [3.63, 3.8) is 0 Å². The molecule has 0 spiro atoms. The van der Waals surface area contributed by atoms with Gasteiger partial charge in [-0.15, -0.1) is 16.4 Å². The zero-order valence-corrected chi connectivity index (χ0v) is 18.1. The Morgan fingerprint density at radius 3 is 2.81 bits per heavy atom. The number of amides is 1. The number of carbonyl (C=O) groups excluding carboxylic acids is 1. The van der Waals surface area contributed by atoms with Gasteiger partial charge in [0, 0.05) is 12.3 Å². The Hall–Kier alpha value is -3.44. The maximum Gasteiger partial charge on any atom is 0.352 e. The predicted molar refractivity (Wildman–Crippen MR) is 120 cm³/mol. The van der Waals surface area contributed by atoms with Gasteiger partial charge in [-0.25, -0.2) is 13.9 Å². The van der Waals surface area contributed by atoms with Gasteiger partial charge in [0.25, 0.3) is 5.56 Å². The second-order valence-electron chi connectivity index (χ2n) is 7.54. The first kappa shape index (κ1) is 20.5. The Morgan fingerprint density at radius 2 is 2.09 bits per heavy atom. The summed E-state index contributed by atoms with van der Waals surface area (Å²) >= 11 is 1.28. The van der Waals surface area contributed by atoms with Crippen LogP contribution in [0.1, 0.15) is 12.8 Å². The fraction of sp³-hybridized carbons (Fsp3) is 0.333. The van der Waals surface area contributed by atoms with E-state index in [4.69, 9.17) is 9.47 Å². The molecule has 166 valence electrons. The van der Waals surface area contributed by atoms with Crippen LogP contribution in [-0.4, -0.2) is 44.5 Å². The number of aromatic nitrogens is 4. The Balaban J connectivity index is 1.51. The van der Waals surface area contributed by atoms with Crippen molar-refractivity contribution in [2.24, 2.45) is 0 Å². The van der Waals surface area contributed by atoms with Crippen molar-refractivity contribution >= 4 is 38.9 Å². The first-order chi connectivity index (χ1) is 15.5. The highest BCUT2D eigenvalue weighted by molar-refractivity contribution is 7.17. The van der Waals surface area contributed by atoms with Crippen LogP contribution in [0.2, 0.25) is 0 Å². The zero-order valence-electron chi connectivity index (χ0n) is 17.3. The number of hydrogen-bond acceptors (Lipinski definition) is 7. The molecule has 0 radical (unpaired) electrons. The summed E-state index contributed by atoms with van der Waals surface area (Å²) in [5, 5.41) is 8.86. The number of hydrogen-bond donors (Lipinski definition) is 1. The fourth-order valence-electron chi connectivity index (χ4n) is 3.90. The molecule has 32 heavy (non-hydrogen) atoms. The summed E-state index contributed by atoms with van der Waals surface area (Å²) in [4.78, 5) is 38.8. The molecule has 0 aliphatic carbocycles. The molecule has 1 saturated heterocycles. The van der Waals surface area contributed by atoms with Crippen LogP contribution in [-0.2, 0) is 22.6 Å². The standard InChI is InChI=1S/C21H21N5O5S/c1-30-14-6-4-13(5-7-14)22-17(27)12-25-21(29)26-16-8-10-32-18(16)19(28)24(20(26)23-25)11-15-3-2-9-31-15/h4-8,10,15H,2-3,9,11-12H2,1H3,(H,22,27)/t15-/m1/s1. The van der Waals surface area contributed by atoms with Crippen LogP contribution >= 0.6 is 11.3 Å². The fourth-order valence-corrected chi connectivity index (χ4v) is 4.73. The molecule has 10 nitrogen and oxygen atoms in total. The first-order valence-electron chi connectivity index (χ1n) is 10.2. The van der Waals surface area contributed by atoms with Gasteiger partial charge in [-0.05, 0) is 48.6 Å². The molecule has 1 atom stereocenters. The number of nitrogens with zero attached hydrogens (tertiary/aromatic N) is 4. The molecule has 0 saturated carbocycles. The van der Waals surface area contributed by atoms with E-state index in [-0.39, 0.29) is 24.0 Å². The van der Waals surface area contributed by atoms with Gasteiger partial charge >= 0.3 is 5.69 Å². The molecule has 1 aliphatic rings. The molecule has 0 unspecified atom stereocenters. The molecule has 11 heteroatoms. The molecule has 1 fully saturated rings. The van der Waals surface area contributed by atoms with Crippen LogP contribution in [0.15, 0.2) is 45.3 Å². The van der Waals surface area contributed by atoms with Gasteiger partial charge in [0.2, 0.25) is 11.7 Å². The molecule has 1 aromatic carbocycles. The van der Waals surface area contributed by atoms with Gasteiger partial charge in [0.1, 0.15) is 17.0 Å². The number of rotatable bonds is 6. The molecule has 1 amide bonds. The summed E-state index contributed by atoms with van der Waals surface area (Å²) < 4.78 is 15.2. The highest BCUT2D eigenvalue weighted by Gasteiger charge is 2.23. The number of benzene rings is 1. The van der Waals surface area contributed by atoms with Crippen LogP contribution < -0.4 is 21.3 Å². The molecule has 0 bridgehead atoms. The van der Waals surface area contributed by atoms with Crippen LogP contribution in [0.4, 0.5) is 5.69 Å². The van der Waals surface area contributed by atoms with Gasteiger partial charge in [0.05, 0.1) is 25.3 Å². The monoisotopic (exact) mass is 455 g/mol. The normalized spacial score (nSPS) is 16.1. The summed E-state index contributed by atoms with van der Waals surface area (Å²) in [7, 11) is 1.56. The number of ether oxygens (including phenoxy) is 2. The van der Waals surface area contributed by atoms with E-state index in [2.05, 4.69) is 10.4 Å². The largest absolute Gasteiger partial charge is 0.497 e. The van der Waals surface area contributed by atoms with E-state index in [0.717, 1.165) is 17.5 Å². The quantitative estimate of drug-likeness (QED) is 0.474. The number of carbonyl (C=O) groups is 1. The highest BCUT2D eigenvalue weighted by Crippen LogP contribution is 2.20. The van der Waals surface area contributed by atoms with E-state index >= 15 is 0 Å². The van der Waals surface area contributed by atoms with E-state index < -0.39 is 11.6 Å². The minimum Gasteiger partial charge on any atom is -0.497 e. The smallest absolute Gasteiger partial charge is 0.352 e. The highest BCUT2D eigenvalue weighted by atomic mass is 32.1. The second kappa shape index (κ2) is 8.24. The lowest BCUT2D eigenvalue weighted by Crippen LogP contribution is -2.30. The van der Waals surface area contributed by atoms with Crippen molar-refractivity contribution in [1.29, 1.82) is 0 Å². The number of thiophene rings is 1. The number of fused-ring (bicyclic) bond motifs is 3. The number of methoxy groups -OCH3 is 1. The third-order valence-electron chi connectivity index (χ3n) is 5.47. The maximum atomic E-state index is 13.1. The Kier molecular flexibility index (Phi) is 5.27. The van der Waals surface area contributed by atoms with Gasteiger partial charge in [-0.2, -0.15) is 0 Å². The first-order valence-corrected chi connectivity index (χ1v) is 11.1. The molecule has 1 N–H and O–H groups in total. The van der Waals surface area contributed by atoms with Crippen LogP contribution in [0, 0.1) is 0 Å². The molecule has 4 heterocycles. The third kappa shape index (κ3) is 3.59. The minimum absolute atomic E-state index is 0.104. The molecule has 1 aliphatic heterocycles. The Labute approximate surface area is 185 Å². The topological polar surface area (TPSA) is 109 Å². The molecule has 4 aromatic rings. The summed E-state index contributed by atoms with van der Waals surface area (Å²) in [5.41, 5.74) is 0.376. The maximum absolute atomic E-state index is 13.1. The molecule has 5 rings (SSSR count). The number of nitrogens with one attached hydrogen (secondary N) is 1. The lowest BCUT2D eigenvalue weighted by molar-refractivity contribution is -0.117. The Bertz CT molecular complexity index is 1410. The van der Waals surface area contributed by atoms with Crippen molar-refractivity contribution in [1.82, 2.24) is 18.7 Å². The molecule has 3 aromatic heterocycles. The molecular formula is C21H21N5O5S. The third-order valence-corrected chi connectivity index (χ3v) is 6.36. The van der Waals surface area contributed by atoms with Crippen LogP contribution in [0.25, 0.3) is 16.0 Å². The van der Waals surface area contributed by atoms with E-state index in [0.29, 0.717) is 34.8 Å². The van der Waals surface area contributed by atoms with Gasteiger partial charge in [-0.3, -0.25) is 14.2 Å². The minimum atomic E-state index is -0.477. The molecular weight excluding hydrogens is 434 g/mol. The van der Waals surface area contributed by atoms with Gasteiger partial charge in [0.15, 0.2) is 0 Å². The average molecular weight is 455 g/mol. The van der Waals surface area contributed by atoms with Crippen molar-refractivity contribution in [2.45, 2.75) is 32.0 Å². The summed E-state index contributed by atoms with van der Waals surface area (Å²) in [6, 6.07) is 8.58. The van der Waals surface area contributed by atoms with Crippen molar-refractivity contribution in [2.75, 3.05) is 19.0 Å². The van der Waals surface area contributed by atoms with Crippen molar-refractivity contribution in [3.05, 3.63) is 56.5 Å². The van der Waals surface area contributed by atoms with Gasteiger partial charge in [-0.1, -0.05) is 0 Å². The summed E-state index contributed by atoms with van der Waals surface area (Å²) in [6.07, 6.45) is 1.67. The van der Waals surface area contributed by atoms with E-state index in [1.165, 1.54) is 20.3 Å². The average Bonchev–Trinajstić information content (AvgIpc) is 3.53. The lowest BCUT2D eigenvalue weighted by atomic mass is 10.2. The summed E-state index contributed by atoms with van der Waals surface area (Å²) in [6.45, 7) is 0.681. The van der Waals surface area contributed by atoms with Crippen molar-refractivity contribution in [3.8, 4) is 5.75 Å². The van der Waals surface area contributed by atoms with Crippen molar-refractivity contribution < 1.29 is 14.3 Å². The second-order valence-corrected chi connectivity index (χ2v) is 8.45. The number of anilines is 1. The van der Waals surface area contributed by atoms with Crippen LogP contribution in [0.3, 0.4) is 0 Å². The van der Waals surface area contributed by atoms with E-state index in [1.54, 1.807) is 42.8 Å². The van der Waals surface area contributed by atoms with Crippen LogP contribution in [0.5, 0.6) is 5.75 Å². The lowest BCUT2D eigenvalue weighted by Gasteiger charge is -2.12. The predicted octanol–water partition coefficient (Wildman–Crippen LogP) is 1.70. The SMILES string of the molecule is COc1ccc(NC(=O)Cn2nc3n(C[C@H]4CCCO4)c(=O)c4sccc4n3c2=O)cc1. The van der Waals surface area contributed by atoms with E-state index in [9.17, 15) is 14.4 Å². The van der Waals surface area contributed by atoms with Gasteiger partial charge < -0.3 is 14.8 Å².